The number of likely N-dealkylation sites (tertiary alicyclic amines) is 1. The molecule has 1 spiro atoms. The molecule has 12 heavy (non-hydrogen) atoms. The zero-order chi connectivity index (χ0) is 8.77. The summed E-state index contributed by atoms with van der Waals surface area (Å²) in [4.78, 5) is 2.37. The van der Waals surface area contributed by atoms with Crippen LogP contribution in [0.25, 0.3) is 0 Å². The molecule has 1 unspecified atom stereocenters. The maximum absolute atomic E-state index is 5.91. The Bertz CT molecular complexity index is 202. The average Bonchev–Trinajstić information content (AvgIpc) is 2.62. The van der Waals surface area contributed by atoms with Gasteiger partial charge in [-0.05, 0) is 31.6 Å². The maximum atomic E-state index is 5.91. The van der Waals surface area contributed by atoms with Crippen molar-refractivity contribution in [2.45, 2.75) is 32.2 Å². The van der Waals surface area contributed by atoms with Crippen LogP contribution in [0.4, 0.5) is 0 Å². The third-order valence-electron chi connectivity index (χ3n) is 3.55. The van der Waals surface area contributed by atoms with Gasteiger partial charge in [-0.1, -0.05) is 6.58 Å². The van der Waals surface area contributed by atoms with Crippen LogP contribution >= 0.6 is 0 Å². The van der Waals surface area contributed by atoms with E-state index in [0.29, 0.717) is 11.5 Å². The topological polar surface area (TPSA) is 29.3 Å². The Morgan fingerprint density at radius 1 is 1.50 bits per heavy atom. The van der Waals surface area contributed by atoms with E-state index in [9.17, 15) is 0 Å². The molecule has 2 fully saturated rings. The van der Waals surface area contributed by atoms with Crippen molar-refractivity contribution in [2.75, 3.05) is 13.1 Å². The highest BCUT2D eigenvalue weighted by molar-refractivity contribution is 5.09. The van der Waals surface area contributed by atoms with E-state index in [-0.39, 0.29) is 0 Å². The van der Waals surface area contributed by atoms with Crippen LogP contribution in [0.5, 0.6) is 0 Å². The fourth-order valence-electron chi connectivity index (χ4n) is 2.29. The summed E-state index contributed by atoms with van der Waals surface area (Å²) in [7, 11) is 0. The van der Waals surface area contributed by atoms with Crippen molar-refractivity contribution in [3.63, 3.8) is 0 Å². The summed E-state index contributed by atoms with van der Waals surface area (Å²) in [5.74, 6) is 0. The normalized spacial score (nSPS) is 32.2. The van der Waals surface area contributed by atoms with E-state index in [4.69, 9.17) is 5.73 Å². The van der Waals surface area contributed by atoms with E-state index in [1.807, 2.05) is 0 Å². The van der Waals surface area contributed by atoms with E-state index in [1.54, 1.807) is 0 Å². The van der Waals surface area contributed by atoms with Gasteiger partial charge in [0.25, 0.3) is 0 Å². The van der Waals surface area contributed by atoms with Crippen LogP contribution in [0.2, 0.25) is 0 Å². The number of hydrogen-bond acceptors (Lipinski definition) is 2. The van der Waals surface area contributed by atoms with Gasteiger partial charge in [-0.2, -0.15) is 0 Å². The van der Waals surface area contributed by atoms with Crippen LogP contribution in [0.15, 0.2) is 12.3 Å². The number of hydrogen-bond donors (Lipinski definition) is 1. The van der Waals surface area contributed by atoms with Crippen molar-refractivity contribution in [2.24, 2.45) is 11.1 Å². The lowest BCUT2D eigenvalue weighted by Crippen LogP contribution is -2.35. The highest BCUT2D eigenvalue weighted by Gasteiger charge is 2.52. The van der Waals surface area contributed by atoms with Crippen molar-refractivity contribution in [1.29, 1.82) is 0 Å². The van der Waals surface area contributed by atoms with Crippen molar-refractivity contribution < 1.29 is 0 Å². The first-order valence-electron chi connectivity index (χ1n) is 4.80. The van der Waals surface area contributed by atoms with E-state index in [0.717, 1.165) is 0 Å². The minimum atomic E-state index is 0.504. The highest BCUT2D eigenvalue weighted by Crippen LogP contribution is 2.52. The summed E-state index contributed by atoms with van der Waals surface area (Å²) < 4.78 is 0. The van der Waals surface area contributed by atoms with Crippen LogP contribution in [-0.4, -0.2) is 24.0 Å². The van der Waals surface area contributed by atoms with Crippen molar-refractivity contribution in [3.8, 4) is 0 Å². The molecule has 2 nitrogen and oxygen atoms in total. The smallest absolute Gasteiger partial charge is 0.0180 e. The van der Waals surface area contributed by atoms with Gasteiger partial charge in [-0.3, -0.25) is 0 Å². The molecule has 2 N–H and O–H groups in total. The summed E-state index contributed by atoms with van der Waals surface area (Å²) in [6, 6.07) is 0.504. The van der Waals surface area contributed by atoms with Crippen LogP contribution in [-0.2, 0) is 0 Å². The van der Waals surface area contributed by atoms with Crippen molar-refractivity contribution >= 4 is 0 Å². The standard InChI is InChI=1S/C10H18N2/c1-8(2)12-5-3-10(4-6-12)7-9(10)11/h9H,1,3-7,11H2,2H3. The van der Waals surface area contributed by atoms with E-state index < -0.39 is 0 Å². The molecule has 1 atom stereocenters. The number of allylic oxidation sites excluding steroid dienone is 1. The zero-order valence-electron chi connectivity index (χ0n) is 7.84. The largest absolute Gasteiger partial charge is 0.375 e. The van der Waals surface area contributed by atoms with E-state index >= 15 is 0 Å². The molecule has 0 aromatic carbocycles. The first kappa shape index (κ1) is 8.11. The SMILES string of the molecule is C=C(C)N1CCC2(CC1)CC2N. The lowest BCUT2D eigenvalue weighted by Gasteiger charge is -2.34. The molecule has 1 aliphatic carbocycles. The number of nitrogens with two attached hydrogens (primary N) is 1. The number of rotatable bonds is 1. The van der Waals surface area contributed by atoms with Crippen molar-refractivity contribution in [1.82, 2.24) is 4.90 Å². The average molecular weight is 166 g/mol. The second kappa shape index (κ2) is 2.49. The Labute approximate surface area is 74.4 Å². The van der Waals surface area contributed by atoms with Crippen LogP contribution < -0.4 is 5.73 Å². The van der Waals surface area contributed by atoms with Gasteiger partial charge in [0.2, 0.25) is 0 Å². The van der Waals surface area contributed by atoms with E-state index in [2.05, 4.69) is 18.4 Å². The Kier molecular flexibility index (Phi) is 1.69. The molecule has 0 radical (unpaired) electrons. The molecule has 1 saturated carbocycles. The molecule has 2 aliphatic rings. The maximum Gasteiger partial charge on any atom is 0.0180 e. The Hall–Kier alpha value is -0.500. The predicted molar refractivity (Wildman–Crippen MR) is 50.6 cm³/mol. The second-order valence-electron chi connectivity index (χ2n) is 4.40. The van der Waals surface area contributed by atoms with E-state index in [1.165, 1.54) is 38.0 Å². The van der Waals surface area contributed by atoms with Crippen LogP contribution in [0, 0.1) is 5.41 Å². The lowest BCUT2D eigenvalue weighted by atomic mass is 9.92. The second-order valence-corrected chi connectivity index (χ2v) is 4.40. The minimum Gasteiger partial charge on any atom is -0.375 e. The predicted octanol–water partition coefficient (Wildman–Crippen LogP) is 1.33. The first-order valence-corrected chi connectivity index (χ1v) is 4.80. The van der Waals surface area contributed by atoms with Gasteiger partial charge in [0.15, 0.2) is 0 Å². The fourth-order valence-corrected chi connectivity index (χ4v) is 2.29. The van der Waals surface area contributed by atoms with Gasteiger partial charge in [-0.15, -0.1) is 0 Å². The molecule has 1 heterocycles. The fraction of sp³-hybridized carbons (Fsp3) is 0.800. The summed E-state index contributed by atoms with van der Waals surface area (Å²) in [5.41, 5.74) is 7.67. The minimum absolute atomic E-state index is 0.504. The molecule has 2 heteroatoms. The summed E-state index contributed by atoms with van der Waals surface area (Å²) in [6.07, 6.45) is 3.82. The molecular formula is C10H18N2. The molecule has 0 aromatic rings. The lowest BCUT2D eigenvalue weighted by molar-refractivity contribution is 0.209. The van der Waals surface area contributed by atoms with Crippen LogP contribution in [0.3, 0.4) is 0 Å². The molecule has 1 saturated heterocycles. The Morgan fingerprint density at radius 2 is 2.00 bits per heavy atom. The third-order valence-corrected chi connectivity index (χ3v) is 3.55. The van der Waals surface area contributed by atoms with Gasteiger partial charge in [0.1, 0.15) is 0 Å². The summed E-state index contributed by atoms with van der Waals surface area (Å²) >= 11 is 0. The molecule has 0 aromatic heterocycles. The molecule has 1 aliphatic heterocycles. The number of nitrogens with zero attached hydrogens (tertiary/aromatic N) is 1. The van der Waals surface area contributed by atoms with Crippen LogP contribution in [0.1, 0.15) is 26.2 Å². The van der Waals surface area contributed by atoms with Gasteiger partial charge < -0.3 is 10.6 Å². The van der Waals surface area contributed by atoms with Gasteiger partial charge in [0, 0.05) is 24.8 Å². The van der Waals surface area contributed by atoms with Gasteiger partial charge >= 0.3 is 0 Å². The number of piperidine rings is 1. The van der Waals surface area contributed by atoms with Gasteiger partial charge in [0.05, 0.1) is 0 Å². The molecule has 68 valence electrons. The third kappa shape index (κ3) is 1.14. The quantitative estimate of drug-likeness (QED) is 0.637. The first-order chi connectivity index (χ1) is 5.64. The highest BCUT2D eigenvalue weighted by atomic mass is 15.1. The Balaban J connectivity index is 1.90. The molecular weight excluding hydrogens is 148 g/mol. The molecule has 0 amide bonds. The zero-order valence-corrected chi connectivity index (χ0v) is 7.84. The monoisotopic (exact) mass is 166 g/mol. The molecule has 2 rings (SSSR count). The Morgan fingerprint density at radius 3 is 2.33 bits per heavy atom. The van der Waals surface area contributed by atoms with Crippen molar-refractivity contribution in [3.05, 3.63) is 12.3 Å². The molecule has 0 bridgehead atoms. The summed E-state index contributed by atoms with van der Waals surface area (Å²) in [6.45, 7) is 8.39. The summed E-state index contributed by atoms with van der Waals surface area (Å²) in [5, 5.41) is 0. The van der Waals surface area contributed by atoms with Gasteiger partial charge in [-0.25, -0.2) is 0 Å².